The zero-order valence-corrected chi connectivity index (χ0v) is 10.8. The number of aliphatic hydroxyl groups is 1. The lowest BCUT2D eigenvalue weighted by Crippen LogP contribution is -2.35. The predicted octanol–water partition coefficient (Wildman–Crippen LogP) is 1.83. The molecule has 1 rings (SSSR count). The Morgan fingerprint density at radius 3 is 2.65 bits per heavy atom. The average molecular weight is 256 g/mol. The Morgan fingerprint density at radius 1 is 1.53 bits per heavy atom. The largest absolute Gasteiger partial charge is 0.395 e. The normalized spacial score (nSPS) is 10.6. The number of nitrogens with zero attached hydrogens (tertiary/aromatic N) is 1. The Kier molecular flexibility index (Phi) is 4.78. The molecule has 0 aliphatic heterocycles. The Morgan fingerprint density at radius 2 is 2.18 bits per heavy atom. The minimum absolute atomic E-state index is 0.000237. The van der Waals surface area contributed by atoms with E-state index >= 15 is 0 Å². The van der Waals surface area contributed by atoms with Gasteiger partial charge in [0, 0.05) is 28.9 Å². The summed E-state index contributed by atoms with van der Waals surface area (Å²) in [6.45, 7) is 4.56. The van der Waals surface area contributed by atoms with Crippen molar-refractivity contribution in [2.24, 2.45) is 5.73 Å². The molecule has 4 nitrogen and oxygen atoms in total. The van der Waals surface area contributed by atoms with Gasteiger partial charge in [0.1, 0.15) is 5.84 Å². The molecule has 0 radical (unpaired) electrons. The molecule has 94 valence electrons. The van der Waals surface area contributed by atoms with Gasteiger partial charge in [0.15, 0.2) is 0 Å². The maximum absolute atomic E-state index is 9.09. The van der Waals surface area contributed by atoms with E-state index in [-0.39, 0.29) is 18.5 Å². The van der Waals surface area contributed by atoms with Crippen LogP contribution in [0.4, 0.5) is 5.69 Å². The molecule has 1 aromatic carbocycles. The predicted molar refractivity (Wildman–Crippen MR) is 72.0 cm³/mol. The molecule has 0 spiro atoms. The molecule has 0 aromatic heterocycles. The highest BCUT2D eigenvalue weighted by atomic mass is 35.5. The number of nitrogens with two attached hydrogens (primary N) is 1. The minimum atomic E-state index is 0.000237. The Balaban J connectivity index is 3.24. The van der Waals surface area contributed by atoms with Crippen LogP contribution in [0.3, 0.4) is 0 Å². The van der Waals surface area contributed by atoms with Gasteiger partial charge in [-0.3, -0.25) is 5.41 Å². The van der Waals surface area contributed by atoms with E-state index in [1.165, 1.54) is 0 Å². The van der Waals surface area contributed by atoms with Gasteiger partial charge in [-0.2, -0.15) is 0 Å². The second-order valence-electron chi connectivity index (χ2n) is 4.09. The van der Waals surface area contributed by atoms with Crippen LogP contribution in [-0.2, 0) is 0 Å². The van der Waals surface area contributed by atoms with Crippen LogP contribution in [0.25, 0.3) is 0 Å². The molecule has 0 aliphatic rings. The van der Waals surface area contributed by atoms with Crippen LogP contribution in [-0.4, -0.2) is 30.1 Å². The lowest BCUT2D eigenvalue weighted by atomic mass is 10.1. The van der Waals surface area contributed by atoms with Crippen molar-refractivity contribution < 1.29 is 5.11 Å². The maximum atomic E-state index is 9.09. The van der Waals surface area contributed by atoms with Gasteiger partial charge in [-0.25, -0.2) is 0 Å². The molecule has 0 saturated carbocycles. The van der Waals surface area contributed by atoms with E-state index in [0.717, 1.165) is 5.69 Å². The zero-order chi connectivity index (χ0) is 13.0. The van der Waals surface area contributed by atoms with Crippen LogP contribution in [0.5, 0.6) is 0 Å². The summed E-state index contributed by atoms with van der Waals surface area (Å²) < 4.78 is 0. The van der Waals surface area contributed by atoms with Gasteiger partial charge in [-0.1, -0.05) is 11.6 Å². The fourth-order valence-electron chi connectivity index (χ4n) is 1.73. The summed E-state index contributed by atoms with van der Waals surface area (Å²) in [5.41, 5.74) is 6.97. The van der Waals surface area contributed by atoms with Gasteiger partial charge >= 0.3 is 0 Å². The van der Waals surface area contributed by atoms with Crippen LogP contribution >= 0.6 is 11.6 Å². The highest BCUT2D eigenvalue weighted by Gasteiger charge is 2.15. The SMILES string of the molecule is CC(C)N(CCO)c1cc(Cl)ccc1C(=N)N. The van der Waals surface area contributed by atoms with Crippen LogP contribution in [0.15, 0.2) is 18.2 Å². The molecule has 0 bridgehead atoms. The number of halogens is 1. The molecule has 0 saturated heterocycles. The summed E-state index contributed by atoms with van der Waals surface area (Å²) in [6.07, 6.45) is 0. The Hall–Kier alpha value is -1.26. The number of hydrogen-bond acceptors (Lipinski definition) is 3. The Labute approximate surface area is 107 Å². The van der Waals surface area contributed by atoms with Gasteiger partial charge in [-0.05, 0) is 32.0 Å². The average Bonchev–Trinajstić information content (AvgIpc) is 2.24. The summed E-state index contributed by atoms with van der Waals surface area (Å²) in [6, 6.07) is 5.40. The van der Waals surface area contributed by atoms with Crippen molar-refractivity contribution in [2.75, 3.05) is 18.1 Å². The number of amidine groups is 1. The van der Waals surface area contributed by atoms with E-state index in [1.54, 1.807) is 18.2 Å². The van der Waals surface area contributed by atoms with Crippen LogP contribution in [0.2, 0.25) is 5.02 Å². The first kappa shape index (κ1) is 13.8. The van der Waals surface area contributed by atoms with Crippen molar-refractivity contribution in [2.45, 2.75) is 19.9 Å². The second kappa shape index (κ2) is 5.89. The molecular formula is C12H18ClN3O. The summed E-state index contributed by atoms with van der Waals surface area (Å²) in [4.78, 5) is 1.97. The van der Waals surface area contributed by atoms with Crippen molar-refractivity contribution in [3.05, 3.63) is 28.8 Å². The highest BCUT2D eigenvalue weighted by Crippen LogP contribution is 2.26. The zero-order valence-electron chi connectivity index (χ0n) is 10.1. The number of hydrogen-bond donors (Lipinski definition) is 3. The highest BCUT2D eigenvalue weighted by molar-refractivity contribution is 6.31. The summed E-state index contributed by atoms with van der Waals surface area (Å²) in [5, 5.41) is 17.2. The molecule has 0 amide bonds. The lowest BCUT2D eigenvalue weighted by Gasteiger charge is -2.30. The number of aliphatic hydroxyl groups excluding tert-OH is 1. The van der Waals surface area contributed by atoms with Gasteiger partial charge < -0.3 is 15.7 Å². The molecule has 0 atom stereocenters. The van der Waals surface area contributed by atoms with Crippen LogP contribution in [0, 0.1) is 5.41 Å². The quantitative estimate of drug-likeness (QED) is 0.555. The maximum Gasteiger partial charge on any atom is 0.124 e. The number of nitrogen functional groups attached to an aromatic ring is 1. The van der Waals surface area contributed by atoms with Gasteiger partial charge in [-0.15, -0.1) is 0 Å². The van der Waals surface area contributed by atoms with Crippen molar-refractivity contribution in [1.82, 2.24) is 0 Å². The smallest absolute Gasteiger partial charge is 0.124 e. The number of anilines is 1. The van der Waals surface area contributed by atoms with Crippen LogP contribution in [0.1, 0.15) is 19.4 Å². The lowest BCUT2D eigenvalue weighted by molar-refractivity contribution is 0.299. The summed E-state index contributed by atoms with van der Waals surface area (Å²) >= 11 is 5.97. The van der Waals surface area contributed by atoms with E-state index < -0.39 is 0 Å². The van der Waals surface area contributed by atoms with Crippen LogP contribution < -0.4 is 10.6 Å². The van der Waals surface area contributed by atoms with E-state index in [9.17, 15) is 0 Å². The standard InChI is InChI=1S/C12H18ClN3O/c1-8(2)16(5-6-17)11-7-9(13)3-4-10(11)12(14)15/h3-4,7-8,17H,5-6H2,1-2H3,(H3,14,15). The second-order valence-corrected chi connectivity index (χ2v) is 4.52. The molecule has 0 fully saturated rings. The first-order chi connectivity index (χ1) is 7.97. The van der Waals surface area contributed by atoms with E-state index in [2.05, 4.69) is 0 Å². The van der Waals surface area contributed by atoms with Crippen molar-refractivity contribution in [3.8, 4) is 0 Å². The third-order valence-electron chi connectivity index (χ3n) is 2.52. The molecular weight excluding hydrogens is 238 g/mol. The van der Waals surface area contributed by atoms with E-state index in [1.807, 2.05) is 18.7 Å². The number of benzene rings is 1. The molecule has 4 N–H and O–H groups in total. The first-order valence-corrected chi connectivity index (χ1v) is 5.86. The third-order valence-corrected chi connectivity index (χ3v) is 2.76. The van der Waals surface area contributed by atoms with Gasteiger partial charge in [0.05, 0.1) is 6.61 Å². The number of rotatable bonds is 5. The van der Waals surface area contributed by atoms with Gasteiger partial charge in [0.25, 0.3) is 0 Å². The molecule has 1 aromatic rings. The van der Waals surface area contributed by atoms with E-state index in [4.69, 9.17) is 27.9 Å². The fraction of sp³-hybridized carbons (Fsp3) is 0.417. The summed E-state index contributed by atoms with van der Waals surface area (Å²) in [7, 11) is 0. The topological polar surface area (TPSA) is 73.3 Å². The monoisotopic (exact) mass is 255 g/mol. The van der Waals surface area contributed by atoms with Crippen molar-refractivity contribution >= 4 is 23.1 Å². The Bertz CT molecular complexity index is 407. The molecule has 0 heterocycles. The molecule has 5 heteroatoms. The molecule has 0 aliphatic carbocycles. The first-order valence-electron chi connectivity index (χ1n) is 5.48. The van der Waals surface area contributed by atoms with Gasteiger partial charge in [0.2, 0.25) is 0 Å². The third kappa shape index (κ3) is 3.35. The summed E-state index contributed by atoms with van der Waals surface area (Å²) in [5.74, 6) is 0.000237. The minimum Gasteiger partial charge on any atom is -0.395 e. The molecule has 17 heavy (non-hydrogen) atoms. The van der Waals surface area contributed by atoms with E-state index in [0.29, 0.717) is 17.1 Å². The molecule has 0 unspecified atom stereocenters. The fourth-order valence-corrected chi connectivity index (χ4v) is 1.90. The van der Waals surface area contributed by atoms with Crippen molar-refractivity contribution in [3.63, 3.8) is 0 Å². The number of nitrogens with one attached hydrogen (secondary N) is 1. The van der Waals surface area contributed by atoms with Crippen molar-refractivity contribution in [1.29, 1.82) is 5.41 Å².